The zero-order valence-corrected chi connectivity index (χ0v) is 15.1. The first-order valence-corrected chi connectivity index (χ1v) is 8.97. The van der Waals surface area contributed by atoms with Gasteiger partial charge >= 0.3 is 0 Å². The third-order valence-electron chi connectivity index (χ3n) is 5.20. The molecule has 4 rings (SSSR count). The lowest BCUT2D eigenvalue weighted by Gasteiger charge is -2.40. The largest absolute Gasteiger partial charge is 0.368 e. The van der Waals surface area contributed by atoms with Gasteiger partial charge in [0.2, 0.25) is 11.9 Å². The Balaban J connectivity index is 1.55. The van der Waals surface area contributed by atoms with Gasteiger partial charge in [-0.2, -0.15) is 5.26 Å². The molecule has 1 aromatic carbocycles. The Morgan fingerprint density at radius 1 is 1.04 bits per heavy atom. The highest BCUT2D eigenvalue weighted by Gasteiger charge is 2.45. The van der Waals surface area contributed by atoms with E-state index in [9.17, 15) is 4.79 Å². The zero-order chi connectivity index (χ0) is 19.6. The number of aromatic nitrogens is 3. The quantitative estimate of drug-likeness (QED) is 0.729. The highest BCUT2D eigenvalue weighted by atomic mass is 16.2. The van der Waals surface area contributed by atoms with Gasteiger partial charge in [0, 0.05) is 29.8 Å². The summed E-state index contributed by atoms with van der Waals surface area (Å²) >= 11 is 0. The van der Waals surface area contributed by atoms with Gasteiger partial charge in [-0.3, -0.25) is 9.78 Å². The predicted octanol–water partition coefficient (Wildman–Crippen LogP) is 3.05. The van der Waals surface area contributed by atoms with Crippen molar-refractivity contribution in [2.45, 2.75) is 24.7 Å². The van der Waals surface area contributed by atoms with Crippen LogP contribution in [0, 0.1) is 11.3 Å². The van der Waals surface area contributed by atoms with E-state index in [0.29, 0.717) is 11.3 Å². The molecule has 1 aliphatic carbocycles. The molecule has 7 heteroatoms. The number of carbonyl (C=O) groups is 1. The second kappa shape index (κ2) is 7.08. The van der Waals surface area contributed by atoms with Gasteiger partial charge in [0.1, 0.15) is 0 Å². The second-order valence-electron chi connectivity index (χ2n) is 6.84. The van der Waals surface area contributed by atoms with Crippen LogP contribution in [-0.2, 0) is 10.2 Å². The Bertz CT molecular complexity index is 1030. The van der Waals surface area contributed by atoms with E-state index in [1.807, 2.05) is 12.1 Å². The normalized spacial score (nSPS) is 14.5. The van der Waals surface area contributed by atoms with Crippen LogP contribution in [0.25, 0.3) is 11.3 Å². The molecule has 0 radical (unpaired) electrons. The minimum Gasteiger partial charge on any atom is -0.368 e. The first-order chi connectivity index (χ1) is 13.6. The van der Waals surface area contributed by atoms with Crippen molar-refractivity contribution >= 4 is 17.5 Å². The average Bonchev–Trinajstić information content (AvgIpc) is 2.69. The standard InChI is InChI=1S/C21H18N6O/c22-10-14-2-5-17(6-3-14)27-19(28)21(8-1-9-21)16-4-7-18(24-13-16)15-11-25-20(23)26-12-15/h2-7,11-13H,1,8-9H2,(H,27,28)(H2,23,25,26). The van der Waals surface area contributed by atoms with Crippen molar-refractivity contribution in [3.63, 3.8) is 0 Å². The molecular formula is C21H18N6O. The minimum absolute atomic E-state index is 0.0474. The molecule has 2 heterocycles. The molecule has 7 nitrogen and oxygen atoms in total. The fourth-order valence-corrected chi connectivity index (χ4v) is 3.37. The van der Waals surface area contributed by atoms with Crippen LogP contribution in [-0.4, -0.2) is 20.9 Å². The molecule has 28 heavy (non-hydrogen) atoms. The Labute approximate surface area is 162 Å². The number of benzene rings is 1. The number of nitriles is 1. The number of pyridine rings is 1. The molecule has 2 aromatic heterocycles. The van der Waals surface area contributed by atoms with E-state index in [1.54, 1.807) is 42.9 Å². The summed E-state index contributed by atoms with van der Waals surface area (Å²) in [6.45, 7) is 0. The average molecular weight is 370 g/mol. The number of hydrogen-bond acceptors (Lipinski definition) is 6. The molecule has 1 aliphatic rings. The van der Waals surface area contributed by atoms with Gasteiger partial charge < -0.3 is 11.1 Å². The maximum absolute atomic E-state index is 13.0. The number of anilines is 2. The van der Waals surface area contributed by atoms with E-state index in [1.165, 1.54) is 0 Å². The van der Waals surface area contributed by atoms with Crippen LogP contribution in [0.15, 0.2) is 55.0 Å². The molecular weight excluding hydrogens is 352 g/mol. The number of nitrogens with zero attached hydrogens (tertiary/aromatic N) is 4. The lowest BCUT2D eigenvalue weighted by molar-refractivity contribution is -0.124. The summed E-state index contributed by atoms with van der Waals surface area (Å²) in [5.74, 6) is 0.169. The van der Waals surface area contributed by atoms with E-state index < -0.39 is 5.41 Å². The van der Waals surface area contributed by atoms with Crippen LogP contribution in [0.4, 0.5) is 11.6 Å². The lowest BCUT2D eigenvalue weighted by Crippen LogP contribution is -2.46. The van der Waals surface area contributed by atoms with Crippen molar-refractivity contribution in [2.24, 2.45) is 0 Å². The summed E-state index contributed by atoms with van der Waals surface area (Å²) in [7, 11) is 0. The number of hydrogen-bond donors (Lipinski definition) is 2. The van der Waals surface area contributed by atoms with E-state index in [-0.39, 0.29) is 11.9 Å². The van der Waals surface area contributed by atoms with Crippen LogP contribution >= 0.6 is 0 Å². The summed E-state index contributed by atoms with van der Waals surface area (Å²) in [6.07, 6.45) is 7.56. The minimum atomic E-state index is -0.572. The number of rotatable bonds is 4. The van der Waals surface area contributed by atoms with Crippen LogP contribution in [0.2, 0.25) is 0 Å². The topological polar surface area (TPSA) is 118 Å². The number of nitrogen functional groups attached to an aromatic ring is 1. The highest BCUT2D eigenvalue weighted by Crippen LogP contribution is 2.44. The summed E-state index contributed by atoms with van der Waals surface area (Å²) in [4.78, 5) is 25.5. The summed E-state index contributed by atoms with van der Waals surface area (Å²) in [5.41, 5.74) is 8.58. The van der Waals surface area contributed by atoms with Crippen molar-refractivity contribution in [1.82, 2.24) is 15.0 Å². The fourth-order valence-electron chi connectivity index (χ4n) is 3.37. The van der Waals surface area contributed by atoms with Gasteiger partial charge in [0.15, 0.2) is 0 Å². The Morgan fingerprint density at radius 3 is 2.29 bits per heavy atom. The third kappa shape index (κ3) is 3.16. The first-order valence-electron chi connectivity index (χ1n) is 8.97. The number of nitrogens with two attached hydrogens (primary N) is 1. The van der Waals surface area contributed by atoms with E-state index in [4.69, 9.17) is 11.0 Å². The van der Waals surface area contributed by atoms with Crippen molar-refractivity contribution < 1.29 is 4.79 Å². The maximum atomic E-state index is 13.0. The first kappa shape index (κ1) is 17.6. The zero-order valence-electron chi connectivity index (χ0n) is 15.1. The number of carbonyl (C=O) groups excluding carboxylic acids is 1. The van der Waals surface area contributed by atoms with Gasteiger partial charge in [-0.1, -0.05) is 12.5 Å². The van der Waals surface area contributed by atoms with Crippen molar-refractivity contribution in [3.8, 4) is 17.3 Å². The lowest BCUT2D eigenvalue weighted by atomic mass is 9.64. The van der Waals surface area contributed by atoms with E-state index in [2.05, 4.69) is 26.3 Å². The monoisotopic (exact) mass is 370 g/mol. The summed E-state index contributed by atoms with van der Waals surface area (Å²) in [5, 5.41) is 11.9. The molecule has 0 saturated heterocycles. The number of amides is 1. The molecule has 1 amide bonds. The van der Waals surface area contributed by atoms with Gasteiger partial charge in [0.05, 0.1) is 22.7 Å². The van der Waals surface area contributed by atoms with E-state index in [0.717, 1.165) is 36.1 Å². The summed E-state index contributed by atoms with van der Waals surface area (Å²) < 4.78 is 0. The van der Waals surface area contributed by atoms with Gasteiger partial charge in [-0.25, -0.2) is 9.97 Å². The van der Waals surface area contributed by atoms with Crippen LogP contribution < -0.4 is 11.1 Å². The molecule has 3 aromatic rings. The van der Waals surface area contributed by atoms with Gasteiger partial charge in [0.25, 0.3) is 0 Å². The molecule has 1 saturated carbocycles. The van der Waals surface area contributed by atoms with Crippen molar-refractivity contribution in [3.05, 3.63) is 66.1 Å². The number of nitrogens with one attached hydrogen (secondary N) is 1. The molecule has 138 valence electrons. The molecule has 0 bridgehead atoms. The molecule has 1 fully saturated rings. The highest BCUT2D eigenvalue weighted by molar-refractivity contribution is 6.00. The van der Waals surface area contributed by atoms with Crippen LogP contribution in [0.5, 0.6) is 0 Å². The van der Waals surface area contributed by atoms with E-state index >= 15 is 0 Å². The SMILES string of the molecule is N#Cc1ccc(NC(=O)C2(c3ccc(-c4cnc(N)nc4)nc3)CCC2)cc1. The third-order valence-corrected chi connectivity index (χ3v) is 5.20. The Hall–Kier alpha value is -3.79. The smallest absolute Gasteiger partial charge is 0.235 e. The van der Waals surface area contributed by atoms with Crippen molar-refractivity contribution in [2.75, 3.05) is 11.1 Å². The second-order valence-corrected chi connectivity index (χ2v) is 6.84. The summed E-state index contributed by atoms with van der Waals surface area (Å²) in [6, 6.07) is 12.7. The van der Waals surface area contributed by atoms with Crippen molar-refractivity contribution in [1.29, 1.82) is 5.26 Å². The fraction of sp³-hybridized carbons (Fsp3) is 0.190. The molecule has 3 N–H and O–H groups in total. The van der Waals surface area contributed by atoms with Crippen LogP contribution in [0.3, 0.4) is 0 Å². The molecule has 0 unspecified atom stereocenters. The molecule has 0 atom stereocenters. The van der Waals surface area contributed by atoms with Crippen LogP contribution in [0.1, 0.15) is 30.4 Å². The van der Waals surface area contributed by atoms with Gasteiger partial charge in [-0.05, 0) is 48.7 Å². The predicted molar refractivity (Wildman–Crippen MR) is 105 cm³/mol. The Morgan fingerprint density at radius 2 is 1.75 bits per heavy atom. The molecule has 0 aliphatic heterocycles. The maximum Gasteiger partial charge on any atom is 0.235 e. The molecule has 0 spiro atoms. The van der Waals surface area contributed by atoms with Gasteiger partial charge in [-0.15, -0.1) is 0 Å². The Kier molecular flexibility index (Phi) is 4.45.